The van der Waals surface area contributed by atoms with E-state index in [4.69, 9.17) is 30.1 Å². The maximum absolute atomic E-state index is 12.4. The van der Waals surface area contributed by atoms with Crippen LogP contribution in [0, 0.1) is 0 Å². The molecule has 2 aromatic rings. The van der Waals surface area contributed by atoms with Gasteiger partial charge in [-0.1, -0.05) is 41.5 Å². The lowest BCUT2D eigenvalue weighted by atomic mass is 10.1. The summed E-state index contributed by atoms with van der Waals surface area (Å²) in [5.74, 6) is 5.83. The fourth-order valence-corrected chi connectivity index (χ4v) is 5.81. The summed E-state index contributed by atoms with van der Waals surface area (Å²) in [5.41, 5.74) is 5.88. The maximum atomic E-state index is 12.4. The first-order valence-corrected chi connectivity index (χ1v) is 17.8. The molecule has 0 aromatic carbocycles. The van der Waals surface area contributed by atoms with E-state index in [-0.39, 0.29) is 21.5 Å². The molecule has 0 bridgehead atoms. The highest BCUT2D eigenvalue weighted by atomic mass is 28.4. The Morgan fingerprint density at radius 1 is 1.09 bits per heavy atom. The Hall–Kier alpha value is -1.62. The molecule has 13 heteroatoms. The van der Waals surface area contributed by atoms with Gasteiger partial charge in [-0.3, -0.25) is 19.2 Å². The van der Waals surface area contributed by atoms with Crippen LogP contribution in [0.3, 0.4) is 0 Å². The van der Waals surface area contributed by atoms with E-state index in [1.165, 1.54) is 6.33 Å². The van der Waals surface area contributed by atoms with Crippen molar-refractivity contribution in [2.45, 2.75) is 102 Å². The second kappa shape index (κ2) is 9.36. The van der Waals surface area contributed by atoms with Crippen LogP contribution in [0.25, 0.3) is 11.2 Å². The van der Waals surface area contributed by atoms with Crippen LogP contribution in [0.1, 0.15) is 47.8 Å². The van der Waals surface area contributed by atoms with Gasteiger partial charge in [-0.2, -0.15) is 4.98 Å². The number of hydrogen-bond acceptors (Lipinski definition) is 9. The van der Waals surface area contributed by atoms with Gasteiger partial charge in [0.05, 0.1) is 12.9 Å². The lowest BCUT2D eigenvalue weighted by molar-refractivity contribution is -0.0588. The zero-order valence-corrected chi connectivity index (χ0v) is 24.6. The van der Waals surface area contributed by atoms with Crippen LogP contribution >= 0.6 is 0 Å². The fourth-order valence-electron chi connectivity index (χ4n) is 3.51. The quantitative estimate of drug-likeness (QED) is 0.364. The van der Waals surface area contributed by atoms with Gasteiger partial charge < -0.3 is 19.3 Å². The first kappa shape index (κ1) is 28.0. The summed E-state index contributed by atoms with van der Waals surface area (Å²) in [7, 11) is -4.35. The number of aromatic nitrogens is 4. The summed E-state index contributed by atoms with van der Waals surface area (Å²) in [6.07, 6.45) is -0.844. The van der Waals surface area contributed by atoms with E-state index >= 15 is 0 Å². The lowest BCUT2D eigenvalue weighted by Gasteiger charge is -2.40. The molecule has 0 aliphatic carbocycles. The number of H-pyrrole nitrogens is 1. The Morgan fingerprint density at radius 3 is 2.23 bits per heavy atom. The summed E-state index contributed by atoms with van der Waals surface area (Å²) in [6.45, 7) is 22.0. The minimum Gasteiger partial charge on any atom is -0.414 e. The largest absolute Gasteiger partial charge is 0.414 e. The molecule has 1 aliphatic heterocycles. The van der Waals surface area contributed by atoms with Gasteiger partial charge in [-0.05, 0) is 36.3 Å². The van der Waals surface area contributed by atoms with Crippen LogP contribution in [0.4, 0.5) is 5.95 Å². The molecule has 3 heterocycles. The molecule has 35 heavy (non-hydrogen) atoms. The highest BCUT2D eigenvalue weighted by Crippen LogP contribution is 2.43. The third-order valence-electron chi connectivity index (χ3n) is 7.82. The lowest BCUT2D eigenvalue weighted by Crippen LogP contribution is -2.50. The van der Waals surface area contributed by atoms with Crippen LogP contribution < -0.4 is 17.2 Å². The third-order valence-corrected chi connectivity index (χ3v) is 16.8. The molecular weight excluding hydrogens is 484 g/mol. The minimum atomic E-state index is -2.29. The topological polar surface area (TPSA) is 153 Å². The van der Waals surface area contributed by atoms with E-state index in [9.17, 15) is 4.79 Å². The van der Waals surface area contributed by atoms with E-state index < -0.39 is 46.7 Å². The maximum Gasteiger partial charge on any atom is 0.280 e. The molecule has 3 rings (SSSR count). The molecular formula is C22H42N6O5Si2. The van der Waals surface area contributed by atoms with Crippen LogP contribution in [0.5, 0.6) is 0 Å². The second-order valence-corrected chi connectivity index (χ2v) is 21.9. The molecule has 1 fully saturated rings. The average molecular weight is 527 g/mol. The van der Waals surface area contributed by atoms with E-state index in [1.807, 2.05) is 0 Å². The van der Waals surface area contributed by atoms with Crippen molar-refractivity contribution in [3.63, 3.8) is 0 Å². The molecule has 5 N–H and O–H groups in total. The standard InChI is InChI=1S/C22H42N6O5Si2/c1-21(2,3)34(7,8)30-11-13-15(32-24)16(33-35(9,10)22(4,5)6)19(31-13)28-12-25-14-17(28)26-20(23)27-18(14)29/h12-13,15-16,19H,11,24H2,1-10H3,(H3,23,26,27,29)/t13-,15-,16-,19-/m1/s1. The first-order valence-electron chi connectivity index (χ1n) is 11.9. The van der Waals surface area contributed by atoms with Crippen molar-refractivity contribution < 1.29 is 18.4 Å². The van der Waals surface area contributed by atoms with Crippen LogP contribution in [-0.4, -0.2) is 61.1 Å². The third kappa shape index (κ3) is 5.40. The monoisotopic (exact) mass is 526 g/mol. The van der Waals surface area contributed by atoms with Crippen LogP contribution in [0.15, 0.2) is 11.1 Å². The zero-order valence-electron chi connectivity index (χ0n) is 22.6. The summed E-state index contributed by atoms with van der Waals surface area (Å²) < 4.78 is 21.5. The molecule has 2 aromatic heterocycles. The number of anilines is 1. The Morgan fingerprint density at radius 2 is 1.69 bits per heavy atom. The van der Waals surface area contributed by atoms with Gasteiger partial charge in [0.2, 0.25) is 5.95 Å². The van der Waals surface area contributed by atoms with Crippen LogP contribution in [-0.2, 0) is 18.4 Å². The predicted octanol–water partition coefficient (Wildman–Crippen LogP) is 3.27. The molecule has 1 aliphatic rings. The van der Waals surface area contributed by atoms with E-state index in [0.29, 0.717) is 12.3 Å². The smallest absolute Gasteiger partial charge is 0.280 e. The van der Waals surface area contributed by atoms with Crippen molar-refractivity contribution >= 4 is 33.7 Å². The summed E-state index contributed by atoms with van der Waals surface area (Å²) in [6, 6.07) is 0. The SMILES string of the molecule is CC(C)(C)[Si](C)(C)OC[C@H]1O[C@@H](n2cnc3c(=O)[nH]c(N)nc32)[C@H](O[Si](C)(C)C(C)(C)C)[C@@H]1ON. The summed E-state index contributed by atoms with van der Waals surface area (Å²) in [5, 5.41) is -0.0343. The Kier molecular flexibility index (Phi) is 7.48. The highest BCUT2D eigenvalue weighted by molar-refractivity contribution is 6.74. The van der Waals surface area contributed by atoms with Gasteiger partial charge in [-0.25, -0.2) is 10.9 Å². The summed E-state index contributed by atoms with van der Waals surface area (Å²) >= 11 is 0. The summed E-state index contributed by atoms with van der Waals surface area (Å²) in [4.78, 5) is 28.9. The highest BCUT2D eigenvalue weighted by Gasteiger charge is 2.52. The van der Waals surface area contributed by atoms with Crippen molar-refractivity contribution in [2.24, 2.45) is 5.90 Å². The number of ether oxygens (including phenoxy) is 1. The number of fused-ring (bicyclic) bond motifs is 1. The minimum absolute atomic E-state index is 0.00598. The number of hydrogen-bond donors (Lipinski definition) is 3. The first-order chi connectivity index (χ1) is 15.9. The number of nitrogens with two attached hydrogens (primary N) is 2. The van der Waals surface area contributed by atoms with Crippen molar-refractivity contribution in [1.82, 2.24) is 19.5 Å². The molecule has 0 radical (unpaired) electrons. The number of nitrogen functional groups attached to an aromatic ring is 1. The molecule has 1 saturated heterocycles. The van der Waals surface area contributed by atoms with Crippen molar-refractivity contribution in [3.8, 4) is 0 Å². The molecule has 11 nitrogen and oxygen atoms in total. The molecule has 4 atom stereocenters. The zero-order chi connectivity index (χ0) is 26.6. The van der Waals surface area contributed by atoms with Crippen LogP contribution in [0.2, 0.25) is 36.3 Å². The van der Waals surface area contributed by atoms with Gasteiger partial charge >= 0.3 is 0 Å². The second-order valence-electron chi connectivity index (χ2n) is 12.4. The number of imidazole rings is 1. The van der Waals surface area contributed by atoms with E-state index in [2.05, 4.69) is 82.7 Å². The average Bonchev–Trinajstić information content (AvgIpc) is 3.25. The van der Waals surface area contributed by atoms with Gasteiger partial charge in [0.15, 0.2) is 34.0 Å². The van der Waals surface area contributed by atoms with Crippen molar-refractivity contribution in [1.29, 1.82) is 0 Å². The van der Waals surface area contributed by atoms with Crippen molar-refractivity contribution in [3.05, 3.63) is 16.7 Å². The Labute approximate surface area is 209 Å². The molecule has 0 saturated carbocycles. The van der Waals surface area contributed by atoms with Gasteiger partial charge in [-0.15, -0.1) is 0 Å². The Bertz CT molecular complexity index is 1100. The molecule has 198 valence electrons. The Balaban J connectivity index is 2.04. The number of nitrogens with one attached hydrogen (secondary N) is 1. The normalized spacial score (nSPS) is 24.4. The fraction of sp³-hybridized carbons (Fsp3) is 0.773. The van der Waals surface area contributed by atoms with Gasteiger partial charge in [0, 0.05) is 0 Å². The van der Waals surface area contributed by atoms with Gasteiger partial charge in [0.25, 0.3) is 5.56 Å². The van der Waals surface area contributed by atoms with E-state index in [1.54, 1.807) is 4.57 Å². The number of rotatable bonds is 7. The number of nitrogens with zero attached hydrogens (tertiary/aromatic N) is 3. The predicted molar refractivity (Wildman–Crippen MR) is 141 cm³/mol. The van der Waals surface area contributed by atoms with Gasteiger partial charge in [0.1, 0.15) is 18.3 Å². The number of aromatic amines is 1. The van der Waals surface area contributed by atoms with Crippen molar-refractivity contribution in [2.75, 3.05) is 12.3 Å². The molecule has 0 unspecified atom stereocenters. The molecule has 0 spiro atoms. The molecule has 0 amide bonds. The van der Waals surface area contributed by atoms with E-state index in [0.717, 1.165) is 0 Å².